The summed E-state index contributed by atoms with van der Waals surface area (Å²) in [5.41, 5.74) is 1.59. The van der Waals surface area contributed by atoms with Crippen molar-refractivity contribution in [2.45, 2.75) is 24.8 Å². The fraction of sp³-hybridized carbons (Fsp3) is 0.304. The first-order chi connectivity index (χ1) is 15.9. The van der Waals surface area contributed by atoms with Crippen LogP contribution in [0.15, 0.2) is 47.4 Å². The number of fused-ring (bicyclic) bond motifs is 1. The van der Waals surface area contributed by atoms with Gasteiger partial charge in [0.15, 0.2) is 21.5 Å². The van der Waals surface area contributed by atoms with E-state index in [1.807, 2.05) is 0 Å². The zero-order chi connectivity index (χ0) is 25.2. The molecular formula is C23H25F2N3O5S. The molecule has 1 atom stereocenters. The second-order valence-electron chi connectivity index (χ2n) is 8.34. The van der Waals surface area contributed by atoms with Gasteiger partial charge in [-0.25, -0.2) is 22.7 Å². The largest absolute Gasteiger partial charge is 0.315 e. The summed E-state index contributed by atoms with van der Waals surface area (Å²) in [6.07, 6.45) is 2.08. The molecule has 0 radical (unpaired) electrons. The van der Waals surface area contributed by atoms with Crippen molar-refractivity contribution >= 4 is 26.5 Å². The van der Waals surface area contributed by atoms with Crippen LogP contribution in [0.1, 0.15) is 12.0 Å². The average Bonchev–Trinajstić information content (AvgIpc) is 2.77. The minimum Gasteiger partial charge on any atom is -0.315 e. The van der Waals surface area contributed by atoms with Crippen molar-refractivity contribution in [1.29, 1.82) is 0 Å². The average molecular weight is 494 g/mol. The Labute approximate surface area is 195 Å². The minimum atomic E-state index is -3.81. The van der Waals surface area contributed by atoms with Crippen LogP contribution in [0.4, 0.5) is 8.78 Å². The molecule has 1 amide bonds. The van der Waals surface area contributed by atoms with Gasteiger partial charge in [-0.1, -0.05) is 18.2 Å². The molecule has 0 bridgehead atoms. The van der Waals surface area contributed by atoms with Gasteiger partial charge in [0.2, 0.25) is 0 Å². The number of pyridine rings is 1. The van der Waals surface area contributed by atoms with E-state index < -0.39 is 38.2 Å². The monoisotopic (exact) mass is 493 g/mol. The van der Waals surface area contributed by atoms with E-state index in [-0.39, 0.29) is 30.6 Å². The quantitative estimate of drug-likeness (QED) is 0.368. The summed E-state index contributed by atoms with van der Waals surface area (Å²) in [5.74, 6) is -2.97. The number of nitrogens with zero attached hydrogens (tertiary/aromatic N) is 2. The second-order valence-corrected chi connectivity index (χ2v) is 10.6. The number of nitrogens with one attached hydrogen (secondary N) is 1. The minimum absolute atomic E-state index is 0.0668. The molecule has 8 nitrogen and oxygen atoms in total. The van der Waals surface area contributed by atoms with Crippen molar-refractivity contribution in [3.63, 3.8) is 0 Å². The number of hydroxylamine groups is 1. The Hall–Kier alpha value is -3.15. The first-order valence-corrected chi connectivity index (χ1v) is 12.3. The molecular weight excluding hydrogens is 468 g/mol. The fourth-order valence-corrected chi connectivity index (χ4v) is 4.75. The van der Waals surface area contributed by atoms with E-state index in [0.29, 0.717) is 16.3 Å². The van der Waals surface area contributed by atoms with Gasteiger partial charge in [-0.2, -0.15) is 0 Å². The summed E-state index contributed by atoms with van der Waals surface area (Å²) in [7, 11) is -0.304. The first-order valence-electron chi connectivity index (χ1n) is 10.3. The maximum atomic E-state index is 14.7. The van der Waals surface area contributed by atoms with Crippen molar-refractivity contribution in [2.75, 3.05) is 20.4 Å². The Bertz CT molecular complexity index is 1400. The second kappa shape index (κ2) is 10.00. The summed E-state index contributed by atoms with van der Waals surface area (Å²) in [5, 5.41) is 8.05. The summed E-state index contributed by atoms with van der Waals surface area (Å²) < 4.78 is 54.2. The van der Waals surface area contributed by atoms with E-state index in [2.05, 4.69) is 0 Å². The number of halogens is 2. The number of amides is 1. The van der Waals surface area contributed by atoms with Gasteiger partial charge < -0.3 is 9.47 Å². The number of benzene rings is 2. The van der Waals surface area contributed by atoms with Crippen molar-refractivity contribution in [3.05, 3.63) is 70.1 Å². The summed E-state index contributed by atoms with van der Waals surface area (Å²) in [4.78, 5) is 26.3. The van der Waals surface area contributed by atoms with E-state index in [4.69, 9.17) is 5.21 Å². The number of sulfone groups is 1. The Balaban J connectivity index is 1.93. The van der Waals surface area contributed by atoms with Crippen molar-refractivity contribution < 1.29 is 27.2 Å². The lowest BCUT2D eigenvalue weighted by Crippen LogP contribution is -2.39. The fourth-order valence-electron chi connectivity index (χ4n) is 3.77. The maximum absolute atomic E-state index is 14.7. The molecule has 0 saturated heterocycles. The molecule has 0 aliphatic carbocycles. The molecule has 2 N–H and O–H groups in total. The van der Waals surface area contributed by atoms with Crippen LogP contribution in [-0.2, 0) is 27.7 Å². The highest BCUT2D eigenvalue weighted by molar-refractivity contribution is 7.92. The van der Waals surface area contributed by atoms with E-state index in [1.165, 1.54) is 40.5 Å². The summed E-state index contributed by atoms with van der Waals surface area (Å²) in [6, 6.07) is 9.19. The molecule has 1 heterocycles. The third-order valence-corrected chi connectivity index (χ3v) is 6.97. The van der Waals surface area contributed by atoms with Crippen molar-refractivity contribution in [3.8, 4) is 11.1 Å². The van der Waals surface area contributed by atoms with Gasteiger partial charge >= 0.3 is 0 Å². The lowest BCUT2D eigenvalue weighted by molar-refractivity contribution is -0.128. The molecule has 0 fully saturated rings. The molecule has 3 rings (SSSR count). The maximum Gasteiger partial charge on any atom is 0.261 e. The van der Waals surface area contributed by atoms with Gasteiger partial charge in [0.1, 0.15) is 5.25 Å². The number of aryl methyl sites for hydroxylation is 1. The molecule has 0 unspecified atom stereocenters. The van der Waals surface area contributed by atoms with E-state index in [9.17, 15) is 26.8 Å². The highest BCUT2D eigenvalue weighted by Crippen LogP contribution is 2.29. The lowest BCUT2D eigenvalue weighted by atomic mass is 9.99. The van der Waals surface area contributed by atoms with Crippen LogP contribution in [0.3, 0.4) is 0 Å². The normalized spacial score (nSPS) is 12.8. The van der Waals surface area contributed by atoms with E-state index >= 15 is 0 Å². The Kier molecular flexibility index (Phi) is 7.49. The Morgan fingerprint density at radius 3 is 2.47 bits per heavy atom. The van der Waals surface area contributed by atoms with E-state index in [1.54, 1.807) is 31.1 Å². The molecule has 0 spiro atoms. The van der Waals surface area contributed by atoms with Crippen LogP contribution in [0.25, 0.3) is 21.9 Å². The molecule has 0 aliphatic heterocycles. The molecule has 3 aromatic rings. The van der Waals surface area contributed by atoms with E-state index in [0.717, 1.165) is 6.26 Å². The smallest absolute Gasteiger partial charge is 0.261 e. The topological polar surface area (TPSA) is 109 Å². The number of carbonyl (C=O) groups is 1. The van der Waals surface area contributed by atoms with Gasteiger partial charge in [0.25, 0.3) is 11.5 Å². The number of aromatic nitrogens is 1. The zero-order valence-corrected chi connectivity index (χ0v) is 19.7. The van der Waals surface area contributed by atoms with Crippen molar-refractivity contribution in [1.82, 2.24) is 14.9 Å². The molecule has 2 aromatic carbocycles. The summed E-state index contributed by atoms with van der Waals surface area (Å²) >= 11 is 0. The number of carbonyl (C=O) groups excluding carboxylic acids is 1. The molecule has 0 aliphatic rings. The number of rotatable bonds is 8. The van der Waals surface area contributed by atoms with Crippen LogP contribution < -0.4 is 11.0 Å². The lowest BCUT2D eigenvalue weighted by Gasteiger charge is -2.15. The standard InChI is InChI=1S/C23H25F2N3O5S/c1-27(2)13-16-5-6-17(21(25)20(16)24)14-4-7-18-15(12-14)8-10-28(23(18)30)11-9-19(22(29)26-31)34(3,32)33/h4-8,10,12,19,31H,9,11,13H2,1-3H3,(H,26,29)/t19-/m1/s1. The predicted molar refractivity (Wildman–Crippen MR) is 124 cm³/mol. The molecule has 11 heteroatoms. The highest BCUT2D eigenvalue weighted by Gasteiger charge is 2.28. The van der Waals surface area contributed by atoms with Crippen LogP contribution in [0, 0.1) is 11.6 Å². The third kappa shape index (κ3) is 5.32. The van der Waals surface area contributed by atoms with Crippen LogP contribution in [0.2, 0.25) is 0 Å². The third-order valence-electron chi connectivity index (χ3n) is 5.49. The van der Waals surface area contributed by atoms with Crippen LogP contribution >= 0.6 is 0 Å². The number of hydrogen-bond acceptors (Lipinski definition) is 6. The van der Waals surface area contributed by atoms with Crippen LogP contribution in [0.5, 0.6) is 0 Å². The molecule has 182 valence electrons. The first kappa shape index (κ1) is 25.5. The van der Waals surface area contributed by atoms with Crippen molar-refractivity contribution in [2.24, 2.45) is 0 Å². The van der Waals surface area contributed by atoms with Gasteiger partial charge in [-0.3, -0.25) is 14.8 Å². The molecule has 34 heavy (non-hydrogen) atoms. The predicted octanol–water partition coefficient (Wildman–Crippen LogP) is 2.32. The summed E-state index contributed by atoms with van der Waals surface area (Å²) in [6.45, 7) is 0.162. The van der Waals surface area contributed by atoms with Gasteiger partial charge in [-0.05, 0) is 49.7 Å². The zero-order valence-electron chi connectivity index (χ0n) is 18.9. The SMILES string of the molecule is CN(C)Cc1ccc(-c2ccc3c(=O)n(CC[C@H](C(=O)NO)S(C)(=O)=O)ccc3c2)c(F)c1F. The van der Waals surface area contributed by atoms with Gasteiger partial charge in [0.05, 0.1) is 0 Å². The van der Waals surface area contributed by atoms with Gasteiger partial charge in [-0.15, -0.1) is 0 Å². The van der Waals surface area contributed by atoms with Crippen LogP contribution in [-0.4, -0.2) is 54.6 Å². The Morgan fingerprint density at radius 2 is 1.85 bits per heavy atom. The Morgan fingerprint density at radius 1 is 1.15 bits per heavy atom. The van der Waals surface area contributed by atoms with Gasteiger partial charge in [0, 0.05) is 42.1 Å². The highest BCUT2D eigenvalue weighted by atomic mass is 32.2. The molecule has 1 aromatic heterocycles. The number of hydrogen-bond donors (Lipinski definition) is 2. The molecule has 0 saturated carbocycles.